The topological polar surface area (TPSA) is 20.3 Å². The molecular weight excluding hydrogens is 220 g/mol. The summed E-state index contributed by atoms with van der Waals surface area (Å²) in [6.45, 7) is 0. The van der Waals surface area contributed by atoms with Crippen LogP contribution in [0.3, 0.4) is 0 Å². The number of halogens is 2. The van der Waals surface area contributed by atoms with Crippen LogP contribution < -0.4 is 0 Å². The van der Waals surface area contributed by atoms with Gasteiger partial charge in [0.2, 0.25) is 0 Å². The van der Waals surface area contributed by atoms with Gasteiger partial charge in [0.1, 0.15) is 0 Å². The lowest BCUT2D eigenvalue weighted by molar-refractivity contribution is 0.0824. The lowest BCUT2D eigenvalue weighted by Crippen LogP contribution is -2.22. The van der Waals surface area contributed by atoms with Gasteiger partial charge in [-0.25, -0.2) is 0 Å². The van der Waals surface area contributed by atoms with E-state index in [4.69, 9.17) is 0 Å². The van der Waals surface area contributed by atoms with E-state index >= 15 is 0 Å². The Labute approximate surface area is 91.3 Å². The highest BCUT2D eigenvalue weighted by Crippen LogP contribution is 2.28. The van der Waals surface area contributed by atoms with Crippen LogP contribution in [0.4, 0.5) is 8.78 Å². The van der Waals surface area contributed by atoms with E-state index in [1.807, 2.05) is 0 Å². The smallest absolute Gasteiger partial charge is 0.288 e. The second-order valence-electron chi connectivity index (χ2n) is 3.07. The van der Waals surface area contributed by atoms with E-state index in [0.29, 0.717) is 22.2 Å². The Morgan fingerprint density at radius 1 is 1.33 bits per heavy atom. The third-order valence-corrected chi connectivity index (χ3v) is 2.53. The molecule has 0 bridgehead atoms. The maximum absolute atomic E-state index is 12.2. The van der Waals surface area contributed by atoms with Gasteiger partial charge in [-0.1, -0.05) is 23.9 Å². The van der Waals surface area contributed by atoms with Gasteiger partial charge < -0.3 is 4.90 Å². The van der Waals surface area contributed by atoms with Crippen LogP contribution in [0.25, 0.3) is 0 Å². The van der Waals surface area contributed by atoms with Gasteiger partial charge in [0.15, 0.2) is 0 Å². The standard InChI is InChI=1S/C10H11F2NOS/c1-13(2)9(14)7-5-3-4-6-8(7)15-10(11)12/h3-6,10H,1-2H3. The average molecular weight is 231 g/mol. The number of hydrogen-bond donors (Lipinski definition) is 0. The molecule has 1 aromatic carbocycles. The molecule has 0 saturated heterocycles. The number of thioether (sulfide) groups is 1. The number of carbonyl (C=O) groups excluding carboxylic acids is 1. The van der Waals surface area contributed by atoms with Crippen molar-refractivity contribution >= 4 is 17.7 Å². The van der Waals surface area contributed by atoms with Crippen molar-refractivity contribution in [2.24, 2.45) is 0 Å². The molecule has 0 fully saturated rings. The number of hydrogen-bond acceptors (Lipinski definition) is 2. The minimum atomic E-state index is -2.51. The summed E-state index contributed by atoms with van der Waals surface area (Å²) in [6.07, 6.45) is 0. The third-order valence-electron chi connectivity index (χ3n) is 1.74. The number of carbonyl (C=O) groups is 1. The maximum Gasteiger partial charge on any atom is 0.288 e. The van der Waals surface area contributed by atoms with Crippen LogP contribution in [0.1, 0.15) is 10.4 Å². The molecule has 0 atom stereocenters. The van der Waals surface area contributed by atoms with Gasteiger partial charge in [-0.3, -0.25) is 4.79 Å². The van der Waals surface area contributed by atoms with E-state index in [-0.39, 0.29) is 5.91 Å². The minimum Gasteiger partial charge on any atom is -0.345 e. The SMILES string of the molecule is CN(C)C(=O)c1ccccc1SC(F)F. The summed E-state index contributed by atoms with van der Waals surface area (Å²) in [5, 5.41) is 0. The van der Waals surface area contributed by atoms with Crippen LogP contribution in [-0.2, 0) is 0 Å². The number of amides is 1. The van der Waals surface area contributed by atoms with Gasteiger partial charge in [-0.2, -0.15) is 8.78 Å². The lowest BCUT2D eigenvalue weighted by atomic mass is 10.2. The summed E-state index contributed by atoms with van der Waals surface area (Å²) in [5.74, 6) is -2.78. The molecule has 0 unspecified atom stereocenters. The fourth-order valence-electron chi connectivity index (χ4n) is 1.08. The van der Waals surface area contributed by atoms with Gasteiger partial charge in [-0.05, 0) is 12.1 Å². The molecule has 0 N–H and O–H groups in total. The summed E-state index contributed by atoms with van der Waals surface area (Å²) in [5.41, 5.74) is 0.313. The Morgan fingerprint density at radius 2 is 1.93 bits per heavy atom. The Hall–Kier alpha value is -1.10. The van der Waals surface area contributed by atoms with Crippen molar-refractivity contribution in [1.29, 1.82) is 0 Å². The number of nitrogens with zero attached hydrogens (tertiary/aromatic N) is 1. The molecule has 0 aliphatic carbocycles. The normalized spacial score (nSPS) is 10.5. The molecular formula is C10H11F2NOS. The molecule has 5 heteroatoms. The highest BCUT2D eigenvalue weighted by molar-refractivity contribution is 7.99. The first-order valence-electron chi connectivity index (χ1n) is 4.28. The number of benzene rings is 1. The van der Waals surface area contributed by atoms with E-state index in [2.05, 4.69) is 0 Å². The van der Waals surface area contributed by atoms with Crippen molar-refractivity contribution in [1.82, 2.24) is 4.90 Å². The summed E-state index contributed by atoms with van der Waals surface area (Å²) in [6, 6.07) is 6.37. The summed E-state index contributed by atoms with van der Waals surface area (Å²) in [7, 11) is 3.18. The summed E-state index contributed by atoms with van der Waals surface area (Å²) in [4.78, 5) is 13.3. The van der Waals surface area contributed by atoms with Gasteiger partial charge in [-0.15, -0.1) is 0 Å². The molecule has 1 rings (SSSR count). The van der Waals surface area contributed by atoms with Crippen molar-refractivity contribution in [2.45, 2.75) is 10.7 Å². The Morgan fingerprint density at radius 3 is 2.47 bits per heavy atom. The fourth-order valence-corrected chi connectivity index (χ4v) is 1.71. The molecule has 1 amide bonds. The van der Waals surface area contributed by atoms with Gasteiger partial charge in [0.05, 0.1) is 5.56 Å². The Balaban J connectivity index is 3.01. The molecule has 82 valence electrons. The Kier molecular flexibility index (Phi) is 4.08. The monoisotopic (exact) mass is 231 g/mol. The molecule has 0 saturated carbocycles. The van der Waals surface area contributed by atoms with Crippen LogP contribution in [0.15, 0.2) is 29.2 Å². The maximum atomic E-state index is 12.2. The first-order chi connectivity index (χ1) is 7.02. The third kappa shape index (κ3) is 3.20. The van der Waals surface area contributed by atoms with Gasteiger partial charge >= 0.3 is 0 Å². The fraction of sp³-hybridized carbons (Fsp3) is 0.300. The average Bonchev–Trinajstić information content (AvgIpc) is 2.16. The van der Waals surface area contributed by atoms with Gasteiger partial charge in [0.25, 0.3) is 11.7 Å². The zero-order valence-electron chi connectivity index (χ0n) is 8.41. The van der Waals surface area contributed by atoms with Crippen molar-refractivity contribution in [3.63, 3.8) is 0 Å². The second kappa shape index (κ2) is 5.11. The molecule has 2 nitrogen and oxygen atoms in total. The number of alkyl halides is 2. The van der Waals surface area contributed by atoms with E-state index in [1.54, 1.807) is 32.3 Å². The quantitative estimate of drug-likeness (QED) is 0.745. The highest BCUT2D eigenvalue weighted by Gasteiger charge is 2.15. The van der Waals surface area contributed by atoms with Crippen LogP contribution in [0.2, 0.25) is 0 Å². The predicted octanol–water partition coefficient (Wildman–Crippen LogP) is 2.70. The molecule has 0 aliphatic rings. The van der Waals surface area contributed by atoms with Crippen LogP contribution in [0.5, 0.6) is 0 Å². The van der Waals surface area contributed by atoms with E-state index in [0.717, 1.165) is 0 Å². The highest BCUT2D eigenvalue weighted by atomic mass is 32.2. The van der Waals surface area contributed by atoms with Crippen LogP contribution in [-0.4, -0.2) is 30.7 Å². The van der Waals surface area contributed by atoms with E-state index in [1.165, 1.54) is 11.0 Å². The first kappa shape index (κ1) is 12.0. The van der Waals surface area contributed by atoms with Crippen molar-refractivity contribution in [2.75, 3.05) is 14.1 Å². The van der Waals surface area contributed by atoms with Crippen LogP contribution in [0, 0.1) is 0 Å². The lowest BCUT2D eigenvalue weighted by Gasteiger charge is -2.13. The van der Waals surface area contributed by atoms with Crippen molar-refractivity contribution in [3.05, 3.63) is 29.8 Å². The molecule has 0 aromatic heterocycles. The molecule has 0 radical (unpaired) electrons. The molecule has 0 aliphatic heterocycles. The van der Waals surface area contributed by atoms with Crippen molar-refractivity contribution < 1.29 is 13.6 Å². The zero-order valence-corrected chi connectivity index (χ0v) is 9.22. The Bertz CT molecular complexity index is 355. The van der Waals surface area contributed by atoms with Crippen molar-refractivity contribution in [3.8, 4) is 0 Å². The number of rotatable bonds is 3. The van der Waals surface area contributed by atoms with Gasteiger partial charge in [0, 0.05) is 19.0 Å². The summed E-state index contributed by atoms with van der Waals surface area (Å²) < 4.78 is 24.4. The molecule has 1 aromatic rings. The van der Waals surface area contributed by atoms with E-state index in [9.17, 15) is 13.6 Å². The predicted molar refractivity (Wildman–Crippen MR) is 56.3 cm³/mol. The minimum absolute atomic E-state index is 0.265. The second-order valence-corrected chi connectivity index (χ2v) is 4.11. The van der Waals surface area contributed by atoms with Crippen LogP contribution >= 0.6 is 11.8 Å². The zero-order chi connectivity index (χ0) is 11.4. The molecule has 0 heterocycles. The summed E-state index contributed by atoms with van der Waals surface area (Å²) >= 11 is 0.390. The largest absolute Gasteiger partial charge is 0.345 e. The first-order valence-corrected chi connectivity index (χ1v) is 5.16. The molecule has 0 spiro atoms. The van der Waals surface area contributed by atoms with E-state index < -0.39 is 5.76 Å². The molecule has 15 heavy (non-hydrogen) atoms.